The highest BCUT2D eigenvalue weighted by Crippen LogP contribution is 2.20. The van der Waals surface area contributed by atoms with Crippen LogP contribution in [0.2, 0.25) is 0 Å². The third kappa shape index (κ3) is 8.78. The average molecular weight is 319 g/mol. The Morgan fingerprint density at radius 1 is 0.826 bits per heavy atom. The van der Waals surface area contributed by atoms with Crippen LogP contribution in [0.25, 0.3) is 0 Å². The number of carbonyl (C=O) groups excluding carboxylic acids is 1. The molecular weight excluding hydrogens is 284 g/mol. The molecule has 0 aliphatic heterocycles. The molecule has 2 nitrogen and oxygen atoms in total. The minimum atomic E-state index is 0.207. The quantitative estimate of drug-likeness (QED) is 0.286. The molecule has 0 bridgehead atoms. The van der Waals surface area contributed by atoms with Crippen LogP contribution in [0.3, 0.4) is 0 Å². The zero-order valence-corrected chi connectivity index (χ0v) is 15.1. The minimum Gasteiger partial charge on any atom is -0.496 e. The van der Waals surface area contributed by atoms with Gasteiger partial charge < -0.3 is 4.74 Å². The van der Waals surface area contributed by atoms with Crippen molar-refractivity contribution < 1.29 is 9.53 Å². The van der Waals surface area contributed by atoms with E-state index in [4.69, 9.17) is 4.74 Å². The number of para-hydroxylation sites is 1. The molecule has 0 heterocycles. The zero-order chi connectivity index (χ0) is 16.8. The van der Waals surface area contributed by atoms with Gasteiger partial charge in [-0.15, -0.1) is 0 Å². The molecular formula is C21H34O2. The fourth-order valence-corrected chi connectivity index (χ4v) is 2.96. The molecule has 1 aromatic carbocycles. The van der Waals surface area contributed by atoms with Crippen molar-refractivity contribution in [3.05, 3.63) is 29.8 Å². The standard InChI is InChI=1S/C21H34O2/c1-3-4-5-6-7-8-9-10-11-12-13-17-20(22)19-16-14-15-18-21(19)23-2/h14-16,18H,3-13,17H2,1-2H3. The van der Waals surface area contributed by atoms with Gasteiger partial charge in [0, 0.05) is 6.42 Å². The second-order valence-corrected chi connectivity index (χ2v) is 6.41. The normalized spacial score (nSPS) is 10.7. The zero-order valence-electron chi connectivity index (χ0n) is 15.1. The van der Waals surface area contributed by atoms with E-state index in [9.17, 15) is 4.79 Å². The first kappa shape index (κ1) is 19.7. The molecule has 1 aromatic rings. The number of hydrogen-bond acceptors (Lipinski definition) is 2. The molecule has 0 saturated heterocycles. The molecule has 0 fully saturated rings. The highest BCUT2D eigenvalue weighted by Gasteiger charge is 2.10. The summed E-state index contributed by atoms with van der Waals surface area (Å²) >= 11 is 0. The summed E-state index contributed by atoms with van der Waals surface area (Å²) in [7, 11) is 1.62. The summed E-state index contributed by atoms with van der Waals surface area (Å²) in [5, 5.41) is 0. The highest BCUT2D eigenvalue weighted by atomic mass is 16.5. The minimum absolute atomic E-state index is 0.207. The maximum atomic E-state index is 12.2. The van der Waals surface area contributed by atoms with Crippen LogP contribution in [0.15, 0.2) is 24.3 Å². The summed E-state index contributed by atoms with van der Waals surface area (Å²) in [6.45, 7) is 2.26. The topological polar surface area (TPSA) is 26.3 Å². The fourth-order valence-electron chi connectivity index (χ4n) is 2.96. The second-order valence-electron chi connectivity index (χ2n) is 6.41. The Bertz CT molecular complexity index is 426. The Balaban J connectivity index is 2.01. The van der Waals surface area contributed by atoms with E-state index in [2.05, 4.69) is 6.92 Å². The van der Waals surface area contributed by atoms with Gasteiger partial charge in [-0.3, -0.25) is 4.79 Å². The average Bonchev–Trinajstić information content (AvgIpc) is 2.59. The maximum Gasteiger partial charge on any atom is 0.166 e. The van der Waals surface area contributed by atoms with Gasteiger partial charge in [0.05, 0.1) is 12.7 Å². The Morgan fingerprint density at radius 3 is 1.91 bits per heavy atom. The number of hydrogen-bond donors (Lipinski definition) is 0. The van der Waals surface area contributed by atoms with Gasteiger partial charge in [-0.1, -0.05) is 83.3 Å². The van der Waals surface area contributed by atoms with Gasteiger partial charge in [0.1, 0.15) is 5.75 Å². The molecule has 0 aromatic heterocycles. The third-order valence-electron chi connectivity index (χ3n) is 4.41. The molecule has 0 aliphatic carbocycles. The van der Waals surface area contributed by atoms with Crippen LogP contribution in [0.5, 0.6) is 5.75 Å². The molecule has 0 N–H and O–H groups in total. The van der Waals surface area contributed by atoms with E-state index >= 15 is 0 Å². The maximum absolute atomic E-state index is 12.2. The van der Waals surface area contributed by atoms with Gasteiger partial charge in [0.25, 0.3) is 0 Å². The molecule has 0 atom stereocenters. The lowest BCUT2D eigenvalue weighted by atomic mass is 10.0. The Kier molecular flexibility index (Phi) is 11.3. The van der Waals surface area contributed by atoms with Crippen molar-refractivity contribution in [1.82, 2.24) is 0 Å². The number of ether oxygens (including phenoxy) is 1. The molecule has 0 unspecified atom stereocenters. The molecule has 23 heavy (non-hydrogen) atoms. The molecule has 0 spiro atoms. The molecule has 1 rings (SSSR count). The van der Waals surface area contributed by atoms with E-state index < -0.39 is 0 Å². The first-order chi connectivity index (χ1) is 11.3. The van der Waals surface area contributed by atoms with Gasteiger partial charge in [0.2, 0.25) is 0 Å². The van der Waals surface area contributed by atoms with Crippen LogP contribution in [0.4, 0.5) is 0 Å². The van der Waals surface area contributed by atoms with Gasteiger partial charge in [-0.05, 0) is 18.6 Å². The van der Waals surface area contributed by atoms with Crippen molar-refractivity contribution in [2.75, 3.05) is 7.11 Å². The summed E-state index contributed by atoms with van der Waals surface area (Å²) in [4.78, 5) is 12.2. The summed E-state index contributed by atoms with van der Waals surface area (Å²) < 4.78 is 5.25. The van der Waals surface area contributed by atoms with Crippen LogP contribution in [0, 0.1) is 0 Å². The highest BCUT2D eigenvalue weighted by molar-refractivity contribution is 5.98. The van der Waals surface area contributed by atoms with Crippen molar-refractivity contribution >= 4 is 5.78 Å². The van der Waals surface area contributed by atoms with E-state index in [1.54, 1.807) is 7.11 Å². The Labute approximate surface area is 142 Å². The molecule has 0 saturated carbocycles. The number of Topliss-reactive ketones (excluding diaryl/α,β-unsaturated/α-hetero) is 1. The van der Waals surface area contributed by atoms with E-state index in [1.165, 1.54) is 57.8 Å². The number of benzene rings is 1. The number of carbonyl (C=O) groups is 1. The smallest absolute Gasteiger partial charge is 0.166 e. The molecule has 130 valence electrons. The van der Waals surface area contributed by atoms with Crippen LogP contribution in [-0.4, -0.2) is 12.9 Å². The summed E-state index contributed by atoms with van der Waals surface area (Å²) in [6.07, 6.45) is 15.0. The lowest BCUT2D eigenvalue weighted by Gasteiger charge is -2.07. The number of methoxy groups -OCH3 is 1. The fraction of sp³-hybridized carbons (Fsp3) is 0.667. The predicted molar refractivity (Wildman–Crippen MR) is 98.4 cm³/mol. The summed E-state index contributed by atoms with van der Waals surface area (Å²) in [6, 6.07) is 7.52. The molecule has 0 radical (unpaired) electrons. The Morgan fingerprint density at radius 2 is 1.35 bits per heavy atom. The van der Waals surface area contributed by atoms with Gasteiger partial charge in [0.15, 0.2) is 5.78 Å². The molecule has 0 amide bonds. The van der Waals surface area contributed by atoms with Crippen molar-refractivity contribution in [2.45, 2.75) is 84.0 Å². The van der Waals surface area contributed by atoms with Gasteiger partial charge >= 0.3 is 0 Å². The van der Waals surface area contributed by atoms with Gasteiger partial charge in [-0.25, -0.2) is 0 Å². The van der Waals surface area contributed by atoms with E-state index in [0.29, 0.717) is 12.2 Å². The summed E-state index contributed by atoms with van der Waals surface area (Å²) in [5.74, 6) is 0.902. The van der Waals surface area contributed by atoms with E-state index in [0.717, 1.165) is 18.4 Å². The molecule has 2 heteroatoms. The lowest BCUT2D eigenvalue weighted by molar-refractivity contribution is 0.0976. The van der Waals surface area contributed by atoms with Crippen molar-refractivity contribution in [2.24, 2.45) is 0 Å². The third-order valence-corrected chi connectivity index (χ3v) is 4.41. The predicted octanol–water partition coefficient (Wildman–Crippen LogP) is 6.58. The largest absolute Gasteiger partial charge is 0.496 e. The number of rotatable bonds is 14. The van der Waals surface area contributed by atoms with Gasteiger partial charge in [-0.2, -0.15) is 0 Å². The van der Waals surface area contributed by atoms with Crippen LogP contribution in [0.1, 0.15) is 94.3 Å². The first-order valence-electron chi connectivity index (χ1n) is 9.45. The van der Waals surface area contributed by atoms with Crippen molar-refractivity contribution in [3.8, 4) is 5.75 Å². The van der Waals surface area contributed by atoms with Crippen LogP contribution >= 0.6 is 0 Å². The summed E-state index contributed by atoms with van der Waals surface area (Å²) in [5.41, 5.74) is 0.724. The number of ketones is 1. The lowest BCUT2D eigenvalue weighted by Crippen LogP contribution is -2.01. The monoisotopic (exact) mass is 318 g/mol. The first-order valence-corrected chi connectivity index (χ1v) is 9.45. The van der Waals surface area contributed by atoms with Crippen molar-refractivity contribution in [3.63, 3.8) is 0 Å². The van der Waals surface area contributed by atoms with Crippen LogP contribution in [-0.2, 0) is 0 Å². The van der Waals surface area contributed by atoms with Crippen molar-refractivity contribution in [1.29, 1.82) is 0 Å². The van der Waals surface area contributed by atoms with E-state index in [-0.39, 0.29) is 5.78 Å². The second kappa shape index (κ2) is 13.2. The molecule has 0 aliphatic rings. The SMILES string of the molecule is CCCCCCCCCCCCCC(=O)c1ccccc1OC. The van der Waals surface area contributed by atoms with Crippen LogP contribution < -0.4 is 4.74 Å². The van der Waals surface area contributed by atoms with E-state index in [1.807, 2.05) is 24.3 Å². The number of unbranched alkanes of at least 4 members (excludes halogenated alkanes) is 10. The Hall–Kier alpha value is -1.31.